The van der Waals surface area contributed by atoms with Crippen molar-refractivity contribution in [3.63, 3.8) is 0 Å². The monoisotopic (exact) mass is 290 g/mol. The highest BCUT2D eigenvalue weighted by molar-refractivity contribution is 5.67. The van der Waals surface area contributed by atoms with Crippen LogP contribution in [-0.4, -0.2) is 95.9 Å². The Morgan fingerprint density at radius 2 is 1.45 bits per heavy atom. The molecule has 0 N–H and O–H groups in total. The van der Waals surface area contributed by atoms with Crippen molar-refractivity contribution >= 4 is 6.09 Å². The van der Waals surface area contributed by atoms with Gasteiger partial charge in [0.15, 0.2) is 0 Å². The van der Waals surface area contributed by atoms with Crippen LogP contribution in [0.5, 0.6) is 0 Å². The van der Waals surface area contributed by atoms with Crippen LogP contribution in [0.15, 0.2) is 0 Å². The summed E-state index contributed by atoms with van der Waals surface area (Å²) < 4.78 is 20.5. The Bertz CT molecular complexity index is 257. The maximum Gasteiger partial charge on any atom is 0.409 e. The Kier molecular flexibility index (Phi) is 9.31. The number of piperazine rings is 1. The van der Waals surface area contributed by atoms with E-state index in [1.807, 2.05) is 7.05 Å². The van der Waals surface area contributed by atoms with Crippen LogP contribution in [0.1, 0.15) is 0 Å². The van der Waals surface area contributed by atoms with E-state index in [4.69, 9.17) is 18.9 Å². The van der Waals surface area contributed by atoms with E-state index < -0.39 is 0 Å². The molecule has 7 nitrogen and oxygen atoms in total. The smallest absolute Gasteiger partial charge is 0.409 e. The van der Waals surface area contributed by atoms with E-state index >= 15 is 0 Å². The lowest BCUT2D eigenvalue weighted by Crippen LogP contribution is -2.47. The Morgan fingerprint density at radius 3 is 2.05 bits per heavy atom. The average Bonchev–Trinajstić information content (AvgIpc) is 2.46. The van der Waals surface area contributed by atoms with Gasteiger partial charge in [-0.1, -0.05) is 0 Å². The summed E-state index contributed by atoms with van der Waals surface area (Å²) in [7, 11) is 3.68. The molecule has 0 unspecified atom stereocenters. The second-order valence-electron chi connectivity index (χ2n) is 4.62. The number of rotatable bonds is 9. The highest BCUT2D eigenvalue weighted by Crippen LogP contribution is 2.01. The van der Waals surface area contributed by atoms with Gasteiger partial charge in [-0.3, -0.25) is 0 Å². The van der Waals surface area contributed by atoms with Crippen molar-refractivity contribution in [1.29, 1.82) is 0 Å². The third-order valence-corrected chi connectivity index (χ3v) is 3.02. The number of methoxy groups -OCH3 is 1. The van der Waals surface area contributed by atoms with Crippen LogP contribution in [0.25, 0.3) is 0 Å². The Labute approximate surface area is 120 Å². The Morgan fingerprint density at radius 1 is 0.900 bits per heavy atom. The topological polar surface area (TPSA) is 60.5 Å². The van der Waals surface area contributed by atoms with Crippen molar-refractivity contribution in [3.8, 4) is 0 Å². The minimum atomic E-state index is -0.252. The number of hydrogen-bond acceptors (Lipinski definition) is 6. The number of likely N-dealkylation sites (N-methyl/N-ethyl adjacent to an activating group) is 1. The lowest BCUT2D eigenvalue weighted by Gasteiger charge is -2.31. The van der Waals surface area contributed by atoms with E-state index in [9.17, 15) is 4.79 Å². The van der Waals surface area contributed by atoms with Crippen molar-refractivity contribution in [2.45, 2.75) is 0 Å². The van der Waals surface area contributed by atoms with Gasteiger partial charge >= 0.3 is 6.09 Å². The van der Waals surface area contributed by atoms with Crippen molar-refractivity contribution in [2.24, 2.45) is 0 Å². The normalized spacial score (nSPS) is 16.4. The molecule has 20 heavy (non-hydrogen) atoms. The standard InChI is InChI=1S/C13H26N2O5/c1-14-3-5-15(6-4-14)13(16)20-12-11-19-10-9-18-8-7-17-2/h3-12H2,1-2H3. The number of carbonyl (C=O) groups is 1. The highest BCUT2D eigenvalue weighted by Gasteiger charge is 2.19. The zero-order chi connectivity index (χ0) is 14.6. The van der Waals surface area contributed by atoms with Gasteiger partial charge in [-0.25, -0.2) is 4.79 Å². The molecule has 118 valence electrons. The van der Waals surface area contributed by atoms with Gasteiger partial charge in [0.25, 0.3) is 0 Å². The van der Waals surface area contributed by atoms with Crippen molar-refractivity contribution in [1.82, 2.24) is 9.80 Å². The molecule has 0 spiro atoms. The summed E-state index contributed by atoms with van der Waals surface area (Å²) in [6, 6.07) is 0. The van der Waals surface area contributed by atoms with E-state index in [1.165, 1.54) is 0 Å². The van der Waals surface area contributed by atoms with Crippen molar-refractivity contribution in [2.75, 3.05) is 80.0 Å². The molecule has 0 bridgehead atoms. The van der Waals surface area contributed by atoms with Gasteiger partial charge in [-0.15, -0.1) is 0 Å². The molecule has 0 saturated carbocycles. The molecule has 0 aromatic carbocycles. The van der Waals surface area contributed by atoms with Gasteiger partial charge < -0.3 is 28.7 Å². The van der Waals surface area contributed by atoms with Crippen LogP contribution >= 0.6 is 0 Å². The maximum absolute atomic E-state index is 11.7. The molecule has 0 aliphatic carbocycles. The van der Waals surface area contributed by atoms with Crippen LogP contribution in [0.4, 0.5) is 4.79 Å². The molecule has 0 aromatic heterocycles. The Hall–Kier alpha value is -0.890. The fraction of sp³-hybridized carbons (Fsp3) is 0.923. The highest BCUT2D eigenvalue weighted by atomic mass is 16.6. The summed E-state index contributed by atoms with van der Waals surface area (Å²) in [5, 5.41) is 0. The molecule has 0 aromatic rings. The second kappa shape index (κ2) is 10.8. The first kappa shape index (κ1) is 17.2. The molecule has 0 radical (unpaired) electrons. The summed E-state index contributed by atoms with van der Waals surface area (Å²) in [4.78, 5) is 15.6. The zero-order valence-electron chi connectivity index (χ0n) is 12.5. The minimum absolute atomic E-state index is 0.252. The largest absolute Gasteiger partial charge is 0.447 e. The van der Waals surface area contributed by atoms with E-state index in [2.05, 4.69) is 4.90 Å². The zero-order valence-corrected chi connectivity index (χ0v) is 12.5. The van der Waals surface area contributed by atoms with E-state index in [1.54, 1.807) is 12.0 Å². The van der Waals surface area contributed by atoms with E-state index in [0.29, 0.717) is 33.0 Å². The summed E-state index contributed by atoms with van der Waals surface area (Å²) >= 11 is 0. The molecule has 1 aliphatic rings. The first-order valence-electron chi connectivity index (χ1n) is 6.98. The molecule has 1 rings (SSSR count). The molecule has 1 heterocycles. The van der Waals surface area contributed by atoms with Gasteiger partial charge in [0.05, 0.1) is 33.0 Å². The van der Waals surface area contributed by atoms with E-state index in [-0.39, 0.29) is 12.7 Å². The molecule has 7 heteroatoms. The van der Waals surface area contributed by atoms with Crippen LogP contribution < -0.4 is 0 Å². The number of ether oxygens (including phenoxy) is 4. The van der Waals surface area contributed by atoms with Gasteiger partial charge in [0.2, 0.25) is 0 Å². The van der Waals surface area contributed by atoms with Crippen LogP contribution in [0.3, 0.4) is 0 Å². The number of amides is 1. The quantitative estimate of drug-likeness (QED) is 0.559. The van der Waals surface area contributed by atoms with Crippen molar-refractivity contribution in [3.05, 3.63) is 0 Å². The fourth-order valence-corrected chi connectivity index (χ4v) is 1.73. The van der Waals surface area contributed by atoms with Gasteiger partial charge in [-0.2, -0.15) is 0 Å². The lowest BCUT2D eigenvalue weighted by molar-refractivity contribution is 0.00797. The number of nitrogens with zero attached hydrogens (tertiary/aromatic N) is 2. The summed E-state index contributed by atoms with van der Waals surface area (Å²) in [5.41, 5.74) is 0. The lowest BCUT2D eigenvalue weighted by atomic mass is 10.3. The summed E-state index contributed by atoms with van der Waals surface area (Å²) in [5.74, 6) is 0. The molecule has 1 amide bonds. The van der Waals surface area contributed by atoms with Crippen LogP contribution in [-0.2, 0) is 18.9 Å². The summed E-state index contributed by atoms with van der Waals surface area (Å²) in [6.07, 6.45) is -0.252. The second-order valence-corrected chi connectivity index (χ2v) is 4.62. The first-order chi connectivity index (χ1) is 9.74. The third kappa shape index (κ3) is 7.64. The molecular weight excluding hydrogens is 264 g/mol. The number of hydrogen-bond donors (Lipinski definition) is 0. The maximum atomic E-state index is 11.7. The minimum Gasteiger partial charge on any atom is -0.447 e. The summed E-state index contributed by atoms with van der Waals surface area (Å²) in [6.45, 7) is 6.09. The molecule has 1 fully saturated rings. The van der Waals surface area contributed by atoms with Gasteiger partial charge in [-0.05, 0) is 7.05 Å². The predicted octanol–water partition coefficient (Wildman–Crippen LogP) is 0.0500. The Balaban J connectivity index is 1.89. The predicted molar refractivity (Wildman–Crippen MR) is 73.9 cm³/mol. The third-order valence-electron chi connectivity index (χ3n) is 3.02. The van der Waals surface area contributed by atoms with Crippen LogP contribution in [0, 0.1) is 0 Å². The van der Waals surface area contributed by atoms with Crippen LogP contribution in [0.2, 0.25) is 0 Å². The average molecular weight is 290 g/mol. The fourth-order valence-electron chi connectivity index (χ4n) is 1.73. The SMILES string of the molecule is COCCOCCOCCOC(=O)N1CCN(C)CC1. The first-order valence-corrected chi connectivity index (χ1v) is 6.98. The molecule has 1 aliphatic heterocycles. The molecule has 0 atom stereocenters. The molecular formula is C13H26N2O5. The van der Waals surface area contributed by atoms with Gasteiger partial charge in [0, 0.05) is 33.3 Å². The van der Waals surface area contributed by atoms with Gasteiger partial charge in [0.1, 0.15) is 6.61 Å². The van der Waals surface area contributed by atoms with Crippen molar-refractivity contribution < 1.29 is 23.7 Å². The van der Waals surface area contributed by atoms with E-state index in [0.717, 1.165) is 26.2 Å². The number of carbonyl (C=O) groups excluding carboxylic acids is 1. The molecule has 1 saturated heterocycles.